The number of aliphatic carboxylic acids is 1. The lowest BCUT2D eigenvalue weighted by Gasteiger charge is -2.31. The van der Waals surface area contributed by atoms with Crippen LogP contribution in [0.15, 0.2) is 24.3 Å². The minimum Gasteiger partial charge on any atom is -0.479 e. The maximum Gasteiger partial charge on any atom is 0.411 e. The summed E-state index contributed by atoms with van der Waals surface area (Å²) in [5, 5.41) is 9.67. The molecule has 0 spiro atoms. The van der Waals surface area contributed by atoms with E-state index in [1.807, 2.05) is 18.2 Å². The molecule has 0 aliphatic heterocycles. The van der Waals surface area contributed by atoms with Crippen LogP contribution in [0.2, 0.25) is 0 Å². The first-order valence-electron chi connectivity index (χ1n) is 8.05. The quantitative estimate of drug-likeness (QED) is 0.892. The SMILES string of the molecule is CCN(C(=O)OC(C)(C)C)C(C(=O)O)c1cccc(C2CC2)c1. The Morgan fingerprint density at radius 1 is 1.35 bits per heavy atom. The summed E-state index contributed by atoms with van der Waals surface area (Å²) in [6, 6.07) is 6.51. The number of carbonyl (C=O) groups is 2. The predicted molar refractivity (Wildman–Crippen MR) is 87.4 cm³/mol. The van der Waals surface area contributed by atoms with Gasteiger partial charge >= 0.3 is 12.1 Å². The molecule has 0 saturated heterocycles. The Balaban J connectivity index is 2.30. The van der Waals surface area contributed by atoms with E-state index in [9.17, 15) is 14.7 Å². The lowest BCUT2D eigenvalue weighted by Crippen LogP contribution is -2.42. The number of hydrogen-bond donors (Lipinski definition) is 1. The van der Waals surface area contributed by atoms with Gasteiger partial charge in [-0.2, -0.15) is 0 Å². The van der Waals surface area contributed by atoms with E-state index in [0.717, 1.165) is 18.4 Å². The van der Waals surface area contributed by atoms with Crippen molar-refractivity contribution in [2.75, 3.05) is 6.54 Å². The van der Waals surface area contributed by atoms with Crippen molar-refractivity contribution in [1.82, 2.24) is 4.90 Å². The van der Waals surface area contributed by atoms with E-state index in [1.54, 1.807) is 33.8 Å². The third-order valence-corrected chi connectivity index (χ3v) is 3.79. The van der Waals surface area contributed by atoms with Gasteiger partial charge in [-0.1, -0.05) is 24.3 Å². The molecule has 0 heterocycles. The molecule has 0 aromatic heterocycles. The van der Waals surface area contributed by atoms with Crippen LogP contribution in [0.3, 0.4) is 0 Å². The van der Waals surface area contributed by atoms with Crippen LogP contribution in [0.25, 0.3) is 0 Å². The molecular formula is C18H25NO4. The van der Waals surface area contributed by atoms with Crippen molar-refractivity contribution in [3.63, 3.8) is 0 Å². The summed E-state index contributed by atoms with van der Waals surface area (Å²) < 4.78 is 5.36. The summed E-state index contributed by atoms with van der Waals surface area (Å²) in [4.78, 5) is 25.5. The van der Waals surface area contributed by atoms with Crippen molar-refractivity contribution in [2.45, 2.75) is 58.1 Å². The summed E-state index contributed by atoms with van der Waals surface area (Å²) in [7, 11) is 0. The normalized spacial score (nSPS) is 15.8. The van der Waals surface area contributed by atoms with Crippen molar-refractivity contribution >= 4 is 12.1 Å². The minimum absolute atomic E-state index is 0.263. The number of hydrogen-bond acceptors (Lipinski definition) is 3. The van der Waals surface area contributed by atoms with Gasteiger partial charge in [-0.25, -0.2) is 9.59 Å². The van der Waals surface area contributed by atoms with Gasteiger partial charge in [0, 0.05) is 6.54 Å². The van der Waals surface area contributed by atoms with Crippen LogP contribution in [0, 0.1) is 0 Å². The number of carbonyl (C=O) groups excluding carboxylic acids is 1. The summed E-state index contributed by atoms with van der Waals surface area (Å²) in [5.41, 5.74) is 1.10. The summed E-state index contributed by atoms with van der Waals surface area (Å²) in [6.07, 6.45) is 1.68. The predicted octanol–water partition coefficient (Wildman–Crippen LogP) is 3.95. The molecular weight excluding hydrogens is 294 g/mol. The van der Waals surface area contributed by atoms with Crippen LogP contribution in [0.5, 0.6) is 0 Å². The lowest BCUT2D eigenvalue weighted by atomic mass is 10.0. The highest BCUT2D eigenvalue weighted by Crippen LogP contribution is 2.41. The Bertz CT molecular complexity index is 587. The van der Waals surface area contributed by atoms with Gasteiger partial charge in [-0.15, -0.1) is 0 Å². The number of rotatable bonds is 5. The van der Waals surface area contributed by atoms with E-state index >= 15 is 0 Å². The Morgan fingerprint density at radius 3 is 2.48 bits per heavy atom. The highest BCUT2D eigenvalue weighted by Gasteiger charge is 2.34. The van der Waals surface area contributed by atoms with Crippen LogP contribution in [-0.4, -0.2) is 34.2 Å². The lowest BCUT2D eigenvalue weighted by molar-refractivity contribution is -0.143. The van der Waals surface area contributed by atoms with Gasteiger partial charge in [-0.3, -0.25) is 4.90 Å². The number of carboxylic acid groups (broad SMARTS) is 1. The Labute approximate surface area is 137 Å². The molecule has 1 N–H and O–H groups in total. The van der Waals surface area contributed by atoms with Crippen molar-refractivity contribution in [3.8, 4) is 0 Å². The average molecular weight is 319 g/mol. The molecule has 23 heavy (non-hydrogen) atoms. The van der Waals surface area contributed by atoms with Crippen LogP contribution in [0.4, 0.5) is 4.79 Å². The fourth-order valence-electron chi connectivity index (χ4n) is 2.59. The van der Waals surface area contributed by atoms with Crippen LogP contribution in [0.1, 0.15) is 63.6 Å². The molecule has 1 aliphatic carbocycles. The Hall–Kier alpha value is -2.04. The highest BCUT2D eigenvalue weighted by molar-refractivity contribution is 5.81. The van der Waals surface area contributed by atoms with Crippen LogP contribution >= 0.6 is 0 Å². The zero-order chi connectivity index (χ0) is 17.2. The number of benzene rings is 1. The van der Waals surface area contributed by atoms with Gasteiger partial charge in [0.1, 0.15) is 5.60 Å². The van der Waals surface area contributed by atoms with E-state index in [-0.39, 0.29) is 6.54 Å². The number of likely N-dealkylation sites (N-methyl/N-ethyl adjacent to an activating group) is 1. The summed E-state index contributed by atoms with van der Waals surface area (Å²) in [6.45, 7) is 7.32. The van der Waals surface area contributed by atoms with Crippen molar-refractivity contribution in [2.24, 2.45) is 0 Å². The molecule has 126 valence electrons. The van der Waals surface area contributed by atoms with Gasteiger partial charge in [0.2, 0.25) is 0 Å². The first-order chi connectivity index (χ1) is 10.7. The number of nitrogens with zero attached hydrogens (tertiary/aromatic N) is 1. The largest absolute Gasteiger partial charge is 0.479 e. The topological polar surface area (TPSA) is 66.8 Å². The van der Waals surface area contributed by atoms with E-state index in [1.165, 1.54) is 4.90 Å². The fraction of sp³-hybridized carbons (Fsp3) is 0.556. The monoisotopic (exact) mass is 319 g/mol. The summed E-state index contributed by atoms with van der Waals surface area (Å²) >= 11 is 0. The average Bonchev–Trinajstić information content (AvgIpc) is 3.26. The number of carboxylic acids is 1. The zero-order valence-corrected chi connectivity index (χ0v) is 14.2. The molecule has 1 aromatic carbocycles. The third-order valence-electron chi connectivity index (χ3n) is 3.79. The van der Waals surface area contributed by atoms with Gasteiger partial charge in [0.15, 0.2) is 6.04 Å². The van der Waals surface area contributed by atoms with Crippen molar-refractivity contribution in [3.05, 3.63) is 35.4 Å². The second kappa shape index (κ2) is 6.60. The smallest absolute Gasteiger partial charge is 0.411 e. The molecule has 1 aromatic rings. The maximum absolute atomic E-state index is 12.4. The van der Waals surface area contributed by atoms with Crippen LogP contribution in [-0.2, 0) is 9.53 Å². The van der Waals surface area contributed by atoms with E-state index in [2.05, 4.69) is 0 Å². The molecule has 1 atom stereocenters. The first-order valence-corrected chi connectivity index (χ1v) is 8.05. The number of amides is 1. The van der Waals surface area contributed by atoms with Gasteiger partial charge in [0.05, 0.1) is 0 Å². The molecule has 1 saturated carbocycles. The molecule has 0 radical (unpaired) electrons. The van der Waals surface area contributed by atoms with Crippen molar-refractivity contribution < 1.29 is 19.4 Å². The Morgan fingerprint density at radius 2 is 2.00 bits per heavy atom. The zero-order valence-electron chi connectivity index (χ0n) is 14.2. The maximum atomic E-state index is 12.4. The highest BCUT2D eigenvalue weighted by atomic mass is 16.6. The molecule has 1 fully saturated rings. The summed E-state index contributed by atoms with van der Waals surface area (Å²) in [5.74, 6) is -0.522. The van der Waals surface area contributed by atoms with Gasteiger partial charge in [-0.05, 0) is 57.6 Å². The second-order valence-corrected chi connectivity index (χ2v) is 6.95. The molecule has 2 rings (SSSR count). The second-order valence-electron chi connectivity index (χ2n) is 6.95. The third kappa shape index (κ3) is 4.47. The molecule has 1 aliphatic rings. The fourth-order valence-corrected chi connectivity index (χ4v) is 2.59. The van der Waals surface area contributed by atoms with Crippen LogP contribution < -0.4 is 0 Å². The molecule has 5 heteroatoms. The van der Waals surface area contributed by atoms with Gasteiger partial charge in [0.25, 0.3) is 0 Å². The molecule has 1 amide bonds. The minimum atomic E-state index is -1.05. The van der Waals surface area contributed by atoms with E-state index in [0.29, 0.717) is 11.5 Å². The molecule has 1 unspecified atom stereocenters. The molecule has 5 nitrogen and oxygen atoms in total. The Kier molecular flexibility index (Phi) is 4.97. The van der Waals surface area contributed by atoms with Gasteiger partial charge < -0.3 is 9.84 Å². The van der Waals surface area contributed by atoms with E-state index in [4.69, 9.17) is 4.74 Å². The number of ether oxygens (including phenoxy) is 1. The van der Waals surface area contributed by atoms with Crippen molar-refractivity contribution in [1.29, 1.82) is 0 Å². The standard InChI is InChI=1S/C18H25NO4/c1-5-19(17(22)23-18(2,3)4)15(16(20)21)14-8-6-7-13(11-14)12-9-10-12/h6-8,11-12,15H,5,9-10H2,1-4H3,(H,20,21). The first kappa shape index (κ1) is 17.3. The molecule has 0 bridgehead atoms. The van der Waals surface area contributed by atoms with E-state index < -0.39 is 23.7 Å².